The van der Waals surface area contributed by atoms with E-state index in [1.807, 2.05) is 53.9 Å². The fourth-order valence-electron chi connectivity index (χ4n) is 2.99. The van der Waals surface area contributed by atoms with E-state index in [9.17, 15) is 9.59 Å². The third kappa shape index (κ3) is 6.95. The number of ether oxygens (including phenoxy) is 1. The maximum absolute atomic E-state index is 12.2. The van der Waals surface area contributed by atoms with Crippen LogP contribution in [0.1, 0.15) is 22.0 Å². The minimum Gasteiger partial charge on any atom is -0.459 e. The molecule has 0 aliphatic carbocycles. The second kappa shape index (κ2) is 11.2. The van der Waals surface area contributed by atoms with Crippen LogP contribution in [0.25, 0.3) is 10.6 Å². The van der Waals surface area contributed by atoms with Crippen LogP contribution in [0.2, 0.25) is 5.02 Å². The van der Waals surface area contributed by atoms with Gasteiger partial charge in [-0.25, -0.2) is 9.97 Å². The third-order valence-corrected chi connectivity index (χ3v) is 6.65. The van der Waals surface area contributed by atoms with Gasteiger partial charge in [-0.1, -0.05) is 54.1 Å². The van der Waals surface area contributed by atoms with Gasteiger partial charge in [-0.05, 0) is 17.7 Å². The second-order valence-electron chi connectivity index (χ2n) is 7.16. The van der Waals surface area contributed by atoms with Crippen molar-refractivity contribution in [1.82, 2.24) is 15.3 Å². The summed E-state index contributed by atoms with van der Waals surface area (Å²) in [6, 6.07) is 17.1. The number of aromatic nitrogens is 2. The molecule has 2 heterocycles. The Morgan fingerprint density at radius 3 is 2.58 bits per heavy atom. The molecule has 0 bridgehead atoms. The number of hydrogen-bond acceptors (Lipinski definition) is 7. The number of rotatable bonds is 9. The molecule has 1 amide bonds. The molecule has 0 aliphatic heterocycles. The molecule has 0 unspecified atom stereocenters. The van der Waals surface area contributed by atoms with E-state index in [2.05, 4.69) is 15.3 Å². The lowest BCUT2D eigenvalue weighted by Gasteiger charge is -2.04. The van der Waals surface area contributed by atoms with E-state index in [0.717, 1.165) is 16.1 Å². The van der Waals surface area contributed by atoms with E-state index in [0.29, 0.717) is 28.0 Å². The molecule has 168 valence electrons. The van der Waals surface area contributed by atoms with Gasteiger partial charge in [0.05, 0.1) is 24.2 Å². The highest BCUT2D eigenvalue weighted by Crippen LogP contribution is 2.26. The molecule has 6 nitrogen and oxygen atoms in total. The number of thiazole rings is 2. The van der Waals surface area contributed by atoms with Crippen LogP contribution in [0.15, 0.2) is 65.4 Å². The zero-order chi connectivity index (χ0) is 23.0. The Bertz CT molecular complexity index is 1240. The standard InChI is InChI=1S/C24H20ClN3O3S2/c25-18-8-4-7-17(9-18)24-28-19(14-33-24)10-23(30)31-13-20-15-32-22(27-20)11-21(29)26-12-16-5-2-1-3-6-16/h1-9,14-15H,10-13H2,(H,26,29). The Kier molecular flexibility index (Phi) is 7.83. The molecule has 4 rings (SSSR count). The van der Waals surface area contributed by atoms with Crippen molar-refractivity contribution in [3.63, 3.8) is 0 Å². The molecule has 9 heteroatoms. The van der Waals surface area contributed by atoms with Crippen LogP contribution in [-0.2, 0) is 40.3 Å². The third-order valence-electron chi connectivity index (χ3n) is 4.57. The highest BCUT2D eigenvalue weighted by Gasteiger charge is 2.13. The molecule has 0 fully saturated rings. The van der Waals surface area contributed by atoms with Crippen LogP contribution in [0.4, 0.5) is 0 Å². The van der Waals surface area contributed by atoms with Gasteiger partial charge in [0.2, 0.25) is 5.91 Å². The van der Waals surface area contributed by atoms with E-state index in [4.69, 9.17) is 16.3 Å². The molecule has 33 heavy (non-hydrogen) atoms. The molecular formula is C24H20ClN3O3S2. The molecular weight excluding hydrogens is 478 g/mol. The zero-order valence-corrected chi connectivity index (χ0v) is 19.9. The second-order valence-corrected chi connectivity index (χ2v) is 9.40. The van der Waals surface area contributed by atoms with Crippen LogP contribution in [0.5, 0.6) is 0 Å². The Balaban J connectivity index is 1.22. The number of carbonyl (C=O) groups excluding carboxylic acids is 2. The molecule has 0 spiro atoms. The topological polar surface area (TPSA) is 81.2 Å². The minimum absolute atomic E-state index is 0.0618. The van der Waals surface area contributed by atoms with Crippen molar-refractivity contribution in [3.05, 3.63) is 92.3 Å². The molecule has 1 N–H and O–H groups in total. The number of carbonyl (C=O) groups is 2. The predicted molar refractivity (Wildman–Crippen MR) is 130 cm³/mol. The zero-order valence-electron chi connectivity index (χ0n) is 17.5. The van der Waals surface area contributed by atoms with Gasteiger partial charge >= 0.3 is 5.97 Å². The first-order valence-corrected chi connectivity index (χ1v) is 12.3. The van der Waals surface area contributed by atoms with Crippen LogP contribution in [-0.4, -0.2) is 21.8 Å². The summed E-state index contributed by atoms with van der Waals surface area (Å²) in [7, 11) is 0. The number of nitrogens with one attached hydrogen (secondary N) is 1. The fraction of sp³-hybridized carbons (Fsp3) is 0.167. The average Bonchev–Trinajstić information content (AvgIpc) is 3.47. The molecule has 0 saturated heterocycles. The van der Waals surface area contributed by atoms with Crippen LogP contribution in [0, 0.1) is 0 Å². The summed E-state index contributed by atoms with van der Waals surface area (Å²) >= 11 is 8.86. The van der Waals surface area contributed by atoms with Gasteiger partial charge < -0.3 is 10.1 Å². The van der Waals surface area contributed by atoms with Crippen molar-refractivity contribution in [2.24, 2.45) is 0 Å². The highest BCUT2D eigenvalue weighted by molar-refractivity contribution is 7.13. The van der Waals surface area contributed by atoms with Crippen molar-refractivity contribution >= 4 is 46.2 Å². The van der Waals surface area contributed by atoms with Crippen molar-refractivity contribution in [1.29, 1.82) is 0 Å². The maximum Gasteiger partial charge on any atom is 0.312 e. The molecule has 0 radical (unpaired) electrons. The number of halogens is 1. The quantitative estimate of drug-likeness (QED) is 0.327. The number of amides is 1. The van der Waals surface area contributed by atoms with Crippen molar-refractivity contribution in [2.45, 2.75) is 26.0 Å². The van der Waals surface area contributed by atoms with Crippen LogP contribution < -0.4 is 5.32 Å². The summed E-state index contributed by atoms with van der Waals surface area (Å²) in [5.41, 5.74) is 3.22. The number of nitrogens with zero attached hydrogens (tertiary/aromatic N) is 2. The van der Waals surface area contributed by atoms with E-state index < -0.39 is 0 Å². The summed E-state index contributed by atoms with van der Waals surface area (Å²) in [5, 5.41) is 8.64. The monoisotopic (exact) mass is 497 g/mol. The van der Waals surface area contributed by atoms with Gasteiger partial charge in [0.15, 0.2) is 0 Å². The van der Waals surface area contributed by atoms with Gasteiger partial charge in [0.1, 0.15) is 16.6 Å². The average molecular weight is 498 g/mol. The number of hydrogen-bond donors (Lipinski definition) is 1. The molecule has 2 aromatic heterocycles. The molecule has 2 aromatic carbocycles. The van der Waals surface area contributed by atoms with Crippen molar-refractivity contribution < 1.29 is 14.3 Å². The number of esters is 1. The summed E-state index contributed by atoms with van der Waals surface area (Å²) in [6.45, 7) is 0.539. The first-order valence-electron chi connectivity index (χ1n) is 10.1. The summed E-state index contributed by atoms with van der Waals surface area (Å²) in [4.78, 5) is 33.3. The van der Waals surface area contributed by atoms with Crippen molar-refractivity contribution in [2.75, 3.05) is 0 Å². The Hall–Kier alpha value is -3.07. The lowest BCUT2D eigenvalue weighted by atomic mass is 10.2. The first-order chi connectivity index (χ1) is 16.0. The van der Waals surface area contributed by atoms with E-state index in [-0.39, 0.29) is 31.3 Å². The smallest absolute Gasteiger partial charge is 0.312 e. The SMILES string of the molecule is O=C(Cc1nc(COC(=O)Cc2csc(-c3cccc(Cl)c3)n2)cs1)NCc1ccccc1. The summed E-state index contributed by atoms with van der Waals surface area (Å²) in [6.07, 6.45) is 0.270. The van der Waals surface area contributed by atoms with E-state index in [1.54, 1.807) is 11.4 Å². The van der Waals surface area contributed by atoms with Crippen LogP contribution in [0.3, 0.4) is 0 Å². The molecule has 0 atom stereocenters. The largest absolute Gasteiger partial charge is 0.459 e. The molecule has 0 saturated carbocycles. The summed E-state index contributed by atoms with van der Waals surface area (Å²) < 4.78 is 5.34. The van der Waals surface area contributed by atoms with Crippen molar-refractivity contribution in [3.8, 4) is 10.6 Å². The fourth-order valence-corrected chi connectivity index (χ4v) is 4.77. The summed E-state index contributed by atoms with van der Waals surface area (Å²) in [5.74, 6) is -0.483. The molecule has 0 aliphatic rings. The van der Waals surface area contributed by atoms with Gasteiger partial charge in [0.25, 0.3) is 0 Å². The van der Waals surface area contributed by atoms with Gasteiger partial charge in [-0.3, -0.25) is 9.59 Å². The molecule has 4 aromatic rings. The number of benzene rings is 2. The maximum atomic E-state index is 12.2. The van der Waals surface area contributed by atoms with Crippen LogP contribution >= 0.6 is 34.3 Å². The predicted octanol–water partition coefficient (Wildman–Crippen LogP) is 5.06. The Morgan fingerprint density at radius 2 is 1.76 bits per heavy atom. The minimum atomic E-state index is -0.381. The first kappa shape index (κ1) is 23.1. The normalized spacial score (nSPS) is 10.7. The van der Waals surface area contributed by atoms with Gasteiger partial charge in [-0.2, -0.15) is 0 Å². The lowest BCUT2D eigenvalue weighted by molar-refractivity contribution is -0.144. The van der Waals surface area contributed by atoms with E-state index >= 15 is 0 Å². The lowest BCUT2D eigenvalue weighted by Crippen LogP contribution is -2.24. The Labute approximate surface area is 204 Å². The van der Waals surface area contributed by atoms with Gasteiger partial charge in [0, 0.05) is 27.9 Å². The highest BCUT2D eigenvalue weighted by atomic mass is 35.5. The van der Waals surface area contributed by atoms with Gasteiger partial charge in [-0.15, -0.1) is 22.7 Å². The van der Waals surface area contributed by atoms with E-state index in [1.165, 1.54) is 22.7 Å². The Morgan fingerprint density at radius 1 is 0.939 bits per heavy atom.